The van der Waals surface area contributed by atoms with Gasteiger partial charge in [0.2, 0.25) is 5.82 Å². The SMILES string of the molecule is CCc1ccccc1Nc1ncnc(Oc2cccc3ccc(C)nc23)c1[N+](=O)[O-]. The Morgan fingerprint density at radius 3 is 2.70 bits per heavy atom. The number of rotatable bonds is 6. The zero-order valence-electron chi connectivity index (χ0n) is 16.5. The van der Waals surface area contributed by atoms with E-state index in [0.29, 0.717) is 11.3 Å². The molecule has 0 bridgehead atoms. The first-order valence-corrected chi connectivity index (χ1v) is 9.45. The lowest BCUT2D eigenvalue weighted by Crippen LogP contribution is -2.05. The van der Waals surface area contributed by atoms with Crippen molar-refractivity contribution in [1.82, 2.24) is 15.0 Å². The van der Waals surface area contributed by atoms with Gasteiger partial charge in [-0.05, 0) is 37.1 Å². The van der Waals surface area contributed by atoms with E-state index in [-0.39, 0.29) is 17.4 Å². The van der Waals surface area contributed by atoms with Gasteiger partial charge in [-0.25, -0.2) is 9.97 Å². The molecule has 0 saturated carbocycles. The van der Waals surface area contributed by atoms with Crippen molar-refractivity contribution in [3.05, 3.63) is 82.3 Å². The summed E-state index contributed by atoms with van der Waals surface area (Å²) in [6, 6.07) is 16.8. The summed E-state index contributed by atoms with van der Waals surface area (Å²) in [5.41, 5.74) is 2.84. The van der Waals surface area contributed by atoms with E-state index in [9.17, 15) is 10.1 Å². The van der Waals surface area contributed by atoms with Gasteiger partial charge < -0.3 is 10.1 Å². The maximum Gasteiger partial charge on any atom is 0.373 e. The Kier molecular flexibility index (Phi) is 5.21. The van der Waals surface area contributed by atoms with Crippen LogP contribution in [0.5, 0.6) is 11.6 Å². The molecule has 4 aromatic rings. The third kappa shape index (κ3) is 3.75. The van der Waals surface area contributed by atoms with Crippen LogP contribution in [0.15, 0.2) is 60.9 Å². The number of ether oxygens (including phenoxy) is 1. The minimum atomic E-state index is -0.546. The van der Waals surface area contributed by atoms with Crippen LogP contribution in [0.25, 0.3) is 10.9 Å². The number of benzene rings is 2. The number of aromatic nitrogens is 3. The zero-order valence-corrected chi connectivity index (χ0v) is 16.5. The summed E-state index contributed by atoms with van der Waals surface area (Å²) in [6.45, 7) is 3.88. The maximum atomic E-state index is 11.9. The Morgan fingerprint density at radius 2 is 1.90 bits per heavy atom. The average molecular weight is 401 g/mol. The van der Waals surface area contributed by atoms with Crippen LogP contribution in [0.3, 0.4) is 0 Å². The average Bonchev–Trinajstić information content (AvgIpc) is 2.74. The van der Waals surface area contributed by atoms with Crippen LogP contribution < -0.4 is 10.1 Å². The fraction of sp³-hybridized carbons (Fsp3) is 0.136. The van der Waals surface area contributed by atoms with Gasteiger partial charge in [0.05, 0.1) is 4.92 Å². The summed E-state index contributed by atoms with van der Waals surface area (Å²) >= 11 is 0. The third-order valence-electron chi connectivity index (χ3n) is 4.65. The number of nitro groups is 1. The lowest BCUT2D eigenvalue weighted by molar-refractivity contribution is -0.385. The second-order valence-corrected chi connectivity index (χ2v) is 6.65. The quantitative estimate of drug-likeness (QED) is 0.343. The number of nitrogens with zero attached hydrogens (tertiary/aromatic N) is 4. The van der Waals surface area contributed by atoms with Gasteiger partial charge in [0.1, 0.15) is 11.8 Å². The van der Waals surface area contributed by atoms with Gasteiger partial charge >= 0.3 is 11.6 Å². The minimum absolute atomic E-state index is 0.0651. The molecule has 2 aromatic carbocycles. The van der Waals surface area contributed by atoms with Gasteiger partial charge in [0.25, 0.3) is 0 Å². The molecule has 0 aliphatic heterocycles. The lowest BCUT2D eigenvalue weighted by Gasteiger charge is -2.12. The van der Waals surface area contributed by atoms with Gasteiger partial charge in [0.15, 0.2) is 5.75 Å². The summed E-state index contributed by atoms with van der Waals surface area (Å²) in [6.07, 6.45) is 2.01. The molecule has 1 N–H and O–H groups in total. The topological polar surface area (TPSA) is 103 Å². The number of fused-ring (bicyclic) bond motifs is 1. The fourth-order valence-corrected chi connectivity index (χ4v) is 3.18. The predicted molar refractivity (Wildman–Crippen MR) is 114 cm³/mol. The molecule has 150 valence electrons. The molecule has 2 aromatic heterocycles. The number of aryl methyl sites for hydroxylation is 2. The molecule has 30 heavy (non-hydrogen) atoms. The second-order valence-electron chi connectivity index (χ2n) is 6.65. The number of pyridine rings is 1. The van der Waals surface area contributed by atoms with Gasteiger partial charge in [-0.3, -0.25) is 10.1 Å². The summed E-state index contributed by atoms with van der Waals surface area (Å²) in [5.74, 6) is 0.301. The number of hydrogen-bond donors (Lipinski definition) is 1. The first-order chi connectivity index (χ1) is 14.6. The number of para-hydroxylation sites is 2. The van der Waals surface area contributed by atoms with Crippen LogP contribution in [-0.4, -0.2) is 19.9 Å². The molecule has 0 spiro atoms. The zero-order chi connectivity index (χ0) is 21.1. The van der Waals surface area contributed by atoms with Crippen molar-refractivity contribution in [1.29, 1.82) is 0 Å². The van der Waals surface area contributed by atoms with Gasteiger partial charge in [0, 0.05) is 16.8 Å². The Bertz CT molecular complexity index is 1240. The Hall–Kier alpha value is -4.07. The van der Waals surface area contributed by atoms with E-state index in [1.54, 1.807) is 12.1 Å². The van der Waals surface area contributed by atoms with E-state index in [1.807, 2.05) is 56.3 Å². The lowest BCUT2D eigenvalue weighted by atomic mass is 10.1. The second kappa shape index (κ2) is 8.12. The number of anilines is 2. The highest BCUT2D eigenvalue weighted by atomic mass is 16.6. The molecule has 0 aliphatic rings. The van der Waals surface area contributed by atoms with Gasteiger partial charge in [-0.15, -0.1) is 0 Å². The molecule has 8 nitrogen and oxygen atoms in total. The van der Waals surface area contributed by atoms with Crippen molar-refractivity contribution in [3.63, 3.8) is 0 Å². The van der Waals surface area contributed by atoms with Crippen molar-refractivity contribution in [2.24, 2.45) is 0 Å². The largest absolute Gasteiger partial charge is 0.431 e. The molecule has 0 aliphatic carbocycles. The summed E-state index contributed by atoms with van der Waals surface area (Å²) in [5, 5.41) is 15.8. The monoisotopic (exact) mass is 401 g/mol. The van der Waals surface area contributed by atoms with E-state index in [1.165, 1.54) is 6.33 Å². The van der Waals surface area contributed by atoms with Crippen molar-refractivity contribution in [2.75, 3.05) is 5.32 Å². The van der Waals surface area contributed by atoms with Crippen LogP contribution >= 0.6 is 0 Å². The van der Waals surface area contributed by atoms with E-state index in [0.717, 1.165) is 28.8 Å². The molecule has 2 heterocycles. The Labute approximate surface area is 172 Å². The summed E-state index contributed by atoms with van der Waals surface area (Å²) < 4.78 is 5.88. The fourth-order valence-electron chi connectivity index (χ4n) is 3.18. The molecule has 8 heteroatoms. The van der Waals surface area contributed by atoms with E-state index in [4.69, 9.17) is 4.74 Å². The molecule has 0 atom stereocenters. The van der Waals surface area contributed by atoms with E-state index >= 15 is 0 Å². The first-order valence-electron chi connectivity index (χ1n) is 9.45. The summed E-state index contributed by atoms with van der Waals surface area (Å²) in [4.78, 5) is 24.0. The highest BCUT2D eigenvalue weighted by molar-refractivity contribution is 5.85. The summed E-state index contributed by atoms with van der Waals surface area (Å²) in [7, 11) is 0. The predicted octanol–water partition coefficient (Wildman–Crippen LogP) is 5.34. The van der Waals surface area contributed by atoms with Crippen LogP contribution in [0.4, 0.5) is 17.2 Å². The molecular weight excluding hydrogens is 382 g/mol. The maximum absolute atomic E-state index is 11.9. The van der Waals surface area contributed by atoms with Crippen molar-refractivity contribution in [2.45, 2.75) is 20.3 Å². The third-order valence-corrected chi connectivity index (χ3v) is 4.65. The highest BCUT2D eigenvalue weighted by Crippen LogP contribution is 2.37. The van der Waals surface area contributed by atoms with Gasteiger partial charge in [-0.1, -0.05) is 43.3 Å². The molecule has 4 rings (SSSR count). The van der Waals surface area contributed by atoms with Crippen molar-refractivity contribution < 1.29 is 9.66 Å². The van der Waals surface area contributed by atoms with E-state index in [2.05, 4.69) is 20.3 Å². The number of nitrogens with one attached hydrogen (secondary N) is 1. The molecule has 0 saturated heterocycles. The standard InChI is InChI=1S/C22H19N5O3/c1-3-15-7-4-5-9-17(15)26-21-20(27(28)29)22(24-13-23-21)30-18-10-6-8-16-12-11-14(2)25-19(16)18/h4-13H,3H2,1-2H3,(H,23,24,26). The Balaban J connectivity index is 1.78. The normalized spacial score (nSPS) is 10.7. The van der Waals surface area contributed by atoms with Crippen molar-refractivity contribution in [3.8, 4) is 11.6 Å². The highest BCUT2D eigenvalue weighted by Gasteiger charge is 2.26. The molecule has 0 fully saturated rings. The van der Waals surface area contributed by atoms with Crippen LogP contribution in [0.2, 0.25) is 0 Å². The molecule has 0 unspecified atom stereocenters. The molecule has 0 radical (unpaired) electrons. The number of hydrogen-bond acceptors (Lipinski definition) is 7. The van der Waals surface area contributed by atoms with Crippen LogP contribution in [0.1, 0.15) is 18.2 Å². The Morgan fingerprint density at radius 1 is 1.07 bits per heavy atom. The molecular formula is C22H19N5O3. The molecule has 0 amide bonds. The minimum Gasteiger partial charge on any atom is -0.431 e. The van der Waals surface area contributed by atoms with E-state index < -0.39 is 4.92 Å². The van der Waals surface area contributed by atoms with Gasteiger partial charge in [-0.2, -0.15) is 4.98 Å². The van der Waals surface area contributed by atoms with Crippen LogP contribution in [-0.2, 0) is 6.42 Å². The van der Waals surface area contributed by atoms with Crippen molar-refractivity contribution >= 4 is 28.1 Å². The van der Waals surface area contributed by atoms with Crippen LogP contribution in [0, 0.1) is 17.0 Å². The smallest absolute Gasteiger partial charge is 0.373 e. The first kappa shape index (κ1) is 19.3.